The Hall–Kier alpha value is -3.41. The number of nitrogens with zero attached hydrogens (tertiary/aromatic N) is 1. The number of aryl methyl sites for hydroxylation is 1. The highest BCUT2D eigenvalue weighted by Gasteiger charge is 2.23. The summed E-state index contributed by atoms with van der Waals surface area (Å²) in [7, 11) is 1.50. The maximum Gasteiger partial charge on any atom is 0.366 e. The Kier molecular flexibility index (Phi) is 4.35. The number of hydrogen-bond acceptors (Lipinski definition) is 4. The lowest BCUT2D eigenvalue weighted by Crippen LogP contribution is -2.17. The van der Waals surface area contributed by atoms with Gasteiger partial charge in [0.05, 0.1) is 0 Å². The van der Waals surface area contributed by atoms with Crippen LogP contribution in [0.15, 0.2) is 63.9 Å². The van der Waals surface area contributed by atoms with E-state index in [9.17, 15) is 14.4 Å². The molecule has 6 heteroatoms. The molecule has 1 heterocycles. The number of anilines is 1. The number of ketones is 1. The zero-order valence-corrected chi connectivity index (χ0v) is 13.8. The topological polar surface area (TPSA) is 81.3 Å². The van der Waals surface area contributed by atoms with Gasteiger partial charge in [-0.15, -0.1) is 0 Å². The Morgan fingerprint density at radius 3 is 2.24 bits per heavy atom. The molecule has 0 aliphatic carbocycles. The van der Waals surface area contributed by atoms with Gasteiger partial charge >= 0.3 is 5.63 Å². The highest BCUT2D eigenvalue weighted by molar-refractivity contribution is 6.07. The number of carbonyl (C=O) groups is 2. The molecule has 1 aromatic heterocycles. The summed E-state index contributed by atoms with van der Waals surface area (Å²) in [6, 6.07) is 15.4. The van der Waals surface area contributed by atoms with Crippen molar-refractivity contribution in [3.05, 3.63) is 76.3 Å². The van der Waals surface area contributed by atoms with Crippen LogP contribution in [0.2, 0.25) is 0 Å². The molecule has 0 unspecified atom stereocenters. The molecule has 1 amide bonds. The van der Waals surface area contributed by atoms with Gasteiger partial charge in [0.15, 0.2) is 11.5 Å². The van der Waals surface area contributed by atoms with Crippen LogP contribution >= 0.6 is 0 Å². The fraction of sp³-hybridized carbons (Fsp3) is 0.105. The highest BCUT2D eigenvalue weighted by Crippen LogP contribution is 2.21. The van der Waals surface area contributed by atoms with Crippen molar-refractivity contribution in [1.82, 2.24) is 4.74 Å². The number of Topliss-reactive ketones (excluding diaryl/α,β-unsaturated/α-hetero) is 1. The monoisotopic (exact) mass is 336 g/mol. The molecule has 0 aliphatic rings. The molecule has 0 saturated carbocycles. The van der Waals surface area contributed by atoms with Gasteiger partial charge in [-0.05, 0) is 36.8 Å². The molecule has 2 aromatic carbocycles. The summed E-state index contributed by atoms with van der Waals surface area (Å²) in [6.45, 7) is 1.47. The van der Waals surface area contributed by atoms with Crippen LogP contribution in [0.1, 0.15) is 27.8 Å². The number of carbonyl (C=O) groups excluding carboxylic acids is 2. The predicted octanol–water partition coefficient (Wildman–Crippen LogP) is 3.10. The van der Waals surface area contributed by atoms with Crippen LogP contribution in [0.4, 0.5) is 5.69 Å². The number of benzene rings is 2. The van der Waals surface area contributed by atoms with Crippen molar-refractivity contribution in [2.75, 3.05) is 5.32 Å². The van der Waals surface area contributed by atoms with E-state index in [1.54, 1.807) is 48.5 Å². The number of amides is 1. The van der Waals surface area contributed by atoms with Crippen LogP contribution < -0.4 is 10.9 Å². The summed E-state index contributed by atoms with van der Waals surface area (Å²) >= 11 is 0. The first-order valence-electron chi connectivity index (χ1n) is 7.65. The highest BCUT2D eigenvalue weighted by atomic mass is 16.5. The maximum absolute atomic E-state index is 12.7. The molecule has 0 atom stereocenters. The zero-order valence-electron chi connectivity index (χ0n) is 13.8. The molecule has 3 rings (SSSR count). The largest absolute Gasteiger partial charge is 0.366 e. The third kappa shape index (κ3) is 3.28. The molecule has 0 bridgehead atoms. The van der Waals surface area contributed by atoms with Crippen LogP contribution in [-0.4, -0.2) is 16.4 Å². The Morgan fingerprint density at radius 2 is 1.64 bits per heavy atom. The second-order valence-electron chi connectivity index (χ2n) is 5.55. The third-order valence-electron chi connectivity index (χ3n) is 3.80. The molecular weight excluding hydrogens is 320 g/mol. The van der Waals surface area contributed by atoms with Crippen LogP contribution in [0.25, 0.3) is 11.1 Å². The predicted molar refractivity (Wildman–Crippen MR) is 93.8 cm³/mol. The first-order valence-corrected chi connectivity index (χ1v) is 7.65. The van der Waals surface area contributed by atoms with E-state index in [0.717, 1.165) is 4.74 Å². The second kappa shape index (κ2) is 6.60. The molecule has 0 saturated heterocycles. The van der Waals surface area contributed by atoms with Crippen LogP contribution in [0.5, 0.6) is 0 Å². The summed E-state index contributed by atoms with van der Waals surface area (Å²) in [6.07, 6.45) is 0. The fourth-order valence-electron chi connectivity index (χ4n) is 2.56. The summed E-state index contributed by atoms with van der Waals surface area (Å²) in [5.41, 5.74) is 1.44. The minimum Gasteiger partial charge on any atom is -0.335 e. The van der Waals surface area contributed by atoms with Gasteiger partial charge in [-0.3, -0.25) is 9.59 Å². The van der Waals surface area contributed by atoms with Crippen LogP contribution in [0.3, 0.4) is 0 Å². The molecular formula is C19H16N2O4. The SMILES string of the molecule is CC(=O)c1ccc(NC(=O)c2c(-c3ccccc3)c(=O)on2C)cc1. The number of aromatic nitrogens is 1. The van der Waals surface area contributed by atoms with Crippen LogP contribution in [-0.2, 0) is 7.05 Å². The molecule has 0 aliphatic heterocycles. The minimum atomic E-state index is -0.578. The number of rotatable bonds is 4. The van der Waals surface area contributed by atoms with Crippen molar-refractivity contribution in [3.63, 3.8) is 0 Å². The zero-order chi connectivity index (χ0) is 18.0. The van der Waals surface area contributed by atoms with Gasteiger partial charge in [-0.2, -0.15) is 0 Å². The fourth-order valence-corrected chi connectivity index (χ4v) is 2.56. The molecule has 6 nitrogen and oxygen atoms in total. The Bertz CT molecular complexity index is 983. The average Bonchev–Trinajstić information content (AvgIpc) is 2.90. The van der Waals surface area contributed by atoms with Gasteiger partial charge in [0, 0.05) is 18.3 Å². The van der Waals surface area contributed by atoms with Crippen molar-refractivity contribution < 1.29 is 14.1 Å². The van der Waals surface area contributed by atoms with E-state index in [-0.39, 0.29) is 17.0 Å². The van der Waals surface area contributed by atoms with Gasteiger partial charge in [0.25, 0.3) is 5.91 Å². The van der Waals surface area contributed by atoms with Crippen LogP contribution in [0, 0.1) is 0 Å². The molecule has 0 radical (unpaired) electrons. The van der Waals surface area contributed by atoms with E-state index in [1.165, 1.54) is 14.0 Å². The van der Waals surface area contributed by atoms with E-state index < -0.39 is 11.5 Å². The molecule has 0 spiro atoms. The van der Waals surface area contributed by atoms with E-state index in [0.29, 0.717) is 16.8 Å². The molecule has 0 fully saturated rings. The van der Waals surface area contributed by atoms with Crippen molar-refractivity contribution >= 4 is 17.4 Å². The normalized spacial score (nSPS) is 10.5. The Morgan fingerprint density at radius 1 is 1.00 bits per heavy atom. The summed E-state index contributed by atoms with van der Waals surface area (Å²) < 4.78 is 6.22. The number of hydrogen-bond donors (Lipinski definition) is 1. The summed E-state index contributed by atoms with van der Waals surface area (Å²) in [5, 5.41) is 2.72. The Labute approximate surface area is 143 Å². The lowest BCUT2D eigenvalue weighted by atomic mass is 10.1. The van der Waals surface area contributed by atoms with E-state index in [2.05, 4.69) is 5.32 Å². The third-order valence-corrected chi connectivity index (χ3v) is 3.80. The smallest absolute Gasteiger partial charge is 0.335 e. The van der Waals surface area contributed by atoms with Gasteiger partial charge in [-0.1, -0.05) is 30.3 Å². The van der Waals surface area contributed by atoms with Crippen molar-refractivity contribution in [2.45, 2.75) is 6.92 Å². The standard InChI is InChI=1S/C19H16N2O4/c1-12(22)13-8-10-15(11-9-13)20-18(23)17-16(19(24)25-21(17)2)14-6-4-3-5-7-14/h3-11H,1-2H3,(H,20,23). The molecule has 25 heavy (non-hydrogen) atoms. The van der Waals surface area contributed by atoms with Crippen molar-refractivity contribution in [2.24, 2.45) is 7.05 Å². The molecule has 126 valence electrons. The first kappa shape index (κ1) is 16.4. The lowest BCUT2D eigenvalue weighted by molar-refractivity contribution is 0.0999. The summed E-state index contributed by atoms with van der Waals surface area (Å²) in [4.78, 5) is 36.1. The molecule has 1 N–H and O–H groups in total. The number of nitrogens with one attached hydrogen (secondary N) is 1. The van der Waals surface area contributed by atoms with Crippen molar-refractivity contribution in [1.29, 1.82) is 0 Å². The lowest BCUT2D eigenvalue weighted by Gasteiger charge is -2.07. The van der Waals surface area contributed by atoms with E-state index in [4.69, 9.17) is 4.52 Å². The van der Waals surface area contributed by atoms with Gasteiger partial charge in [-0.25, -0.2) is 9.53 Å². The van der Waals surface area contributed by atoms with Gasteiger partial charge in [0.1, 0.15) is 5.56 Å². The van der Waals surface area contributed by atoms with Crippen molar-refractivity contribution in [3.8, 4) is 11.1 Å². The van der Waals surface area contributed by atoms with E-state index >= 15 is 0 Å². The van der Waals surface area contributed by atoms with E-state index in [1.807, 2.05) is 6.07 Å². The average molecular weight is 336 g/mol. The maximum atomic E-state index is 12.7. The quantitative estimate of drug-likeness (QED) is 0.742. The minimum absolute atomic E-state index is 0.0542. The van der Waals surface area contributed by atoms with Gasteiger partial charge in [0.2, 0.25) is 0 Å². The Balaban J connectivity index is 1.95. The first-order chi connectivity index (χ1) is 12.0. The second-order valence-corrected chi connectivity index (χ2v) is 5.55. The van der Waals surface area contributed by atoms with Gasteiger partial charge < -0.3 is 9.84 Å². The molecule has 3 aromatic rings. The summed E-state index contributed by atoms with van der Waals surface area (Å²) in [5.74, 6) is -0.524.